The van der Waals surface area contributed by atoms with Crippen LogP contribution < -0.4 is 42.5 Å². The maximum absolute atomic E-state index is 13.0. The van der Waals surface area contributed by atoms with Gasteiger partial charge in [0.15, 0.2) is 0 Å². The first kappa shape index (κ1) is 83.4. The van der Waals surface area contributed by atoms with Crippen LogP contribution in [-0.4, -0.2) is 352 Å². The normalized spacial score (nSPS) is 15.4. The van der Waals surface area contributed by atoms with Gasteiger partial charge < -0.3 is 137 Å². The van der Waals surface area contributed by atoms with Crippen LogP contribution in [0.1, 0.15) is 25.7 Å². The molecule has 39 heteroatoms. The summed E-state index contributed by atoms with van der Waals surface area (Å²) in [5.74, 6) is -10.9. The average Bonchev–Trinajstić information content (AvgIpc) is 3.28. The van der Waals surface area contributed by atoms with Crippen LogP contribution in [0.4, 0.5) is 0 Å². The summed E-state index contributed by atoms with van der Waals surface area (Å²) in [6, 6.07) is -1.42. The zero-order valence-electron chi connectivity index (χ0n) is 50.8. The molecule has 0 aliphatic carbocycles. The smallest absolute Gasteiger partial charge is 0.316 e. The van der Waals surface area contributed by atoms with Crippen molar-refractivity contribution in [3.63, 3.8) is 0 Å². The van der Waals surface area contributed by atoms with E-state index in [0.29, 0.717) is 57.8 Å². The molecule has 0 aromatic rings. The van der Waals surface area contributed by atoms with Crippen LogP contribution in [0.3, 0.4) is 0 Å². The Morgan fingerprint density at radius 1 is 0.391 bits per heavy atom. The first-order valence-electron chi connectivity index (χ1n) is 29.2. The number of aliphatic hydroxyl groups is 10. The fourth-order valence-electron chi connectivity index (χ4n) is 7.23. The second-order valence-corrected chi connectivity index (χ2v) is 19.7. The standard InChI is InChI=1S/C53H91N9O30/c63-31-37(67)49(79)47(77)35(65)25-56-39(69)2-1-34(52(82)59-26-36(66)48(78)50(80)38(68)32-64)61-40(70)6-9-85-11-13-87-15-17-89-19-21-91-23-24-92-22-20-90-18-16-88-14-12-86-10-8-55-41(71)27-57-42(72)28-58-43(73)29-60-51(81)33(53(83)84)5-7-54-44(74)30-62-45(75)3-4-46(62)76/h3-4,33-38,47-50,63-68,77-80H,1-2,5-32H2,(H,54,74)(H,55,71)(H,56,69)(H,57,72)(H,58,73)(H,59,82)(H,60,81)(H,61,70)(H,83,84)/t33?,34-,35-,36-,37+,38+,47+,48+,49+,50+/m0/s1. The van der Waals surface area contributed by atoms with Crippen LogP contribution in [0.15, 0.2) is 12.2 Å². The summed E-state index contributed by atoms with van der Waals surface area (Å²) in [7, 11) is 0. The van der Waals surface area contributed by atoms with E-state index in [1.54, 1.807) is 0 Å². The van der Waals surface area contributed by atoms with E-state index in [1.807, 2.05) is 0 Å². The molecule has 1 aliphatic rings. The van der Waals surface area contributed by atoms with Gasteiger partial charge in [-0.3, -0.25) is 57.6 Å². The highest BCUT2D eigenvalue weighted by molar-refractivity contribution is 6.14. The first-order chi connectivity index (χ1) is 43.9. The maximum atomic E-state index is 13.0. The van der Waals surface area contributed by atoms with E-state index in [0.717, 1.165) is 12.2 Å². The monoisotopic (exact) mass is 1330 g/mol. The highest BCUT2D eigenvalue weighted by Gasteiger charge is 2.33. The number of imide groups is 1. The zero-order valence-corrected chi connectivity index (χ0v) is 50.8. The molecule has 39 nitrogen and oxygen atoms in total. The summed E-state index contributed by atoms with van der Waals surface area (Å²) >= 11 is 0. The molecule has 0 aromatic heterocycles. The van der Waals surface area contributed by atoms with Crippen molar-refractivity contribution >= 4 is 65.0 Å². The molecule has 0 radical (unpaired) electrons. The number of carboxylic acid groups (broad SMARTS) is 1. The summed E-state index contributed by atoms with van der Waals surface area (Å²) in [4.78, 5) is 134. The number of nitrogens with one attached hydrogen (secondary N) is 8. The molecule has 0 bridgehead atoms. The Hall–Kier alpha value is -6.61. The van der Waals surface area contributed by atoms with Crippen LogP contribution in [0, 0.1) is 5.92 Å². The molecule has 0 saturated heterocycles. The van der Waals surface area contributed by atoms with Gasteiger partial charge in [-0.1, -0.05) is 0 Å². The van der Waals surface area contributed by atoms with Gasteiger partial charge >= 0.3 is 5.97 Å². The predicted molar refractivity (Wildman–Crippen MR) is 307 cm³/mol. The lowest BCUT2D eigenvalue weighted by Crippen LogP contribution is -2.53. The Labute approximate surface area is 528 Å². The largest absolute Gasteiger partial charge is 0.481 e. The summed E-state index contributed by atoms with van der Waals surface area (Å²) in [5.41, 5.74) is 0. The van der Waals surface area contributed by atoms with Crippen LogP contribution in [0.2, 0.25) is 0 Å². The summed E-state index contributed by atoms with van der Waals surface area (Å²) < 4.78 is 43.4. The number of nitrogens with zero attached hydrogens (tertiary/aromatic N) is 1. The Morgan fingerprint density at radius 3 is 1.21 bits per heavy atom. The summed E-state index contributed by atoms with van der Waals surface area (Å²) in [6.45, 7) is -1.83. The average molecular weight is 1330 g/mol. The van der Waals surface area contributed by atoms with E-state index >= 15 is 0 Å². The van der Waals surface area contributed by atoms with E-state index in [-0.39, 0.29) is 85.2 Å². The van der Waals surface area contributed by atoms with Gasteiger partial charge in [-0.2, -0.15) is 0 Å². The topological polar surface area (TPSA) is 584 Å². The molecule has 0 saturated carbocycles. The van der Waals surface area contributed by atoms with E-state index < -0.39 is 185 Å². The van der Waals surface area contributed by atoms with Crippen LogP contribution in [-0.2, 0) is 90.6 Å². The van der Waals surface area contributed by atoms with Crippen molar-refractivity contribution in [1.82, 2.24) is 47.4 Å². The second-order valence-electron chi connectivity index (χ2n) is 19.7. The van der Waals surface area contributed by atoms with Gasteiger partial charge in [-0.05, 0) is 12.8 Å². The molecule has 1 unspecified atom stereocenters. The van der Waals surface area contributed by atoms with E-state index in [1.165, 1.54) is 0 Å². The number of hydrogen-bond donors (Lipinski definition) is 19. The number of carboxylic acids is 1. The Morgan fingerprint density at radius 2 is 0.772 bits per heavy atom. The second kappa shape index (κ2) is 50.9. The van der Waals surface area contributed by atoms with E-state index in [9.17, 15) is 98.7 Å². The summed E-state index contributed by atoms with van der Waals surface area (Å²) in [5, 5.41) is 125. The first-order valence-corrected chi connectivity index (χ1v) is 29.2. The third kappa shape index (κ3) is 39.1. The number of amides is 10. The van der Waals surface area contributed by atoms with Gasteiger partial charge in [0.1, 0.15) is 55.1 Å². The van der Waals surface area contributed by atoms with Crippen molar-refractivity contribution in [2.24, 2.45) is 5.92 Å². The number of aliphatic carboxylic acids is 1. The van der Waals surface area contributed by atoms with Crippen molar-refractivity contribution in [2.75, 3.05) is 171 Å². The molecule has 1 rings (SSSR count). The minimum absolute atomic E-state index is 0.0922. The SMILES string of the molecule is O=C(CC[C@H](NC(=O)CCOCCOCCOCCOCCOCCOCCOCCOCCNC(=O)CNC(=O)CNC(=O)CNC(=O)C(CCNC(=O)CN1C(=O)C=CC1=O)C(=O)O)C(=O)NC[C@H](O)[C@@H](O)[C@H](O)[C@H](O)CO)NC[C@H](O)[C@@H](O)[C@H](O)[C@H](O)CO. The lowest BCUT2D eigenvalue weighted by Gasteiger charge is -2.26. The molecule has 0 aromatic carbocycles. The third-order valence-corrected chi connectivity index (χ3v) is 12.5. The molecular weight excluding hydrogens is 1240 g/mol. The molecular formula is C53H91N9O30. The molecule has 0 spiro atoms. The van der Waals surface area contributed by atoms with Crippen molar-refractivity contribution in [1.29, 1.82) is 0 Å². The molecule has 92 heavy (non-hydrogen) atoms. The lowest BCUT2D eigenvalue weighted by atomic mass is 10.0. The number of carbonyl (C=O) groups excluding carboxylic acids is 10. The number of aliphatic hydroxyl groups excluding tert-OH is 10. The van der Waals surface area contributed by atoms with Crippen molar-refractivity contribution < 1.29 is 147 Å². The predicted octanol–water partition coefficient (Wildman–Crippen LogP) is -12.5. The highest BCUT2D eigenvalue weighted by Crippen LogP contribution is 2.09. The maximum Gasteiger partial charge on any atom is 0.316 e. The summed E-state index contributed by atoms with van der Waals surface area (Å²) in [6.07, 6.45) is -14.5. The number of hydrogen-bond acceptors (Lipinski definition) is 29. The fraction of sp³-hybridized carbons (Fsp3) is 0.755. The third-order valence-electron chi connectivity index (χ3n) is 12.5. The lowest BCUT2D eigenvalue weighted by molar-refractivity contribution is -0.148. The van der Waals surface area contributed by atoms with Crippen LogP contribution >= 0.6 is 0 Å². The Kier molecular flexibility index (Phi) is 46.1. The molecule has 528 valence electrons. The van der Waals surface area contributed by atoms with Gasteiger partial charge in [0, 0.05) is 51.2 Å². The van der Waals surface area contributed by atoms with Gasteiger partial charge in [0.2, 0.25) is 47.3 Å². The molecule has 1 aliphatic heterocycles. The van der Waals surface area contributed by atoms with Crippen molar-refractivity contribution in [3.05, 3.63) is 12.2 Å². The van der Waals surface area contributed by atoms with Crippen molar-refractivity contribution in [3.8, 4) is 0 Å². The highest BCUT2D eigenvalue weighted by atomic mass is 16.6. The fourth-order valence-corrected chi connectivity index (χ4v) is 7.23. The van der Waals surface area contributed by atoms with E-state index in [4.69, 9.17) is 48.1 Å². The molecule has 1 heterocycles. The number of rotatable bonds is 57. The van der Waals surface area contributed by atoms with Crippen molar-refractivity contribution in [2.45, 2.75) is 80.6 Å². The molecule has 19 N–H and O–H groups in total. The van der Waals surface area contributed by atoms with Crippen LogP contribution in [0.25, 0.3) is 0 Å². The van der Waals surface area contributed by atoms with Gasteiger partial charge in [-0.25, -0.2) is 0 Å². The quantitative estimate of drug-likeness (QED) is 0.0153. The Balaban J connectivity index is 2.06. The van der Waals surface area contributed by atoms with Gasteiger partial charge in [0.25, 0.3) is 11.8 Å². The van der Waals surface area contributed by atoms with Crippen LogP contribution in [0.5, 0.6) is 0 Å². The Bertz CT molecular complexity index is 2220. The molecule has 0 fully saturated rings. The molecule has 10 atom stereocenters. The van der Waals surface area contributed by atoms with Gasteiger partial charge in [-0.15, -0.1) is 0 Å². The van der Waals surface area contributed by atoms with Gasteiger partial charge in [0.05, 0.1) is 151 Å². The number of ether oxygens (including phenoxy) is 8. The number of carbonyl (C=O) groups is 11. The zero-order chi connectivity index (χ0) is 68.6. The molecule has 10 amide bonds. The minimum Gasteiger partial charge on any atom is -0.481 e. The van der Waals surface area contributed by atoms with E-state index in [2.05, 4.69) is 42.5 Å². The minimum atomic E-state index is -2.00.